The standard InChI is InChI=1S/C19H26N2O5/c1-24-19(23)5-2-8-20-18(22)13-21-9-3-4-15(21)14-6-7-16-17(12-14)26-11-10-25-16/h6-7,12,15H,2-5,8-11,13H2,1H3,(H,20,22)/t15-/m0/s1. The Morgan fingerprint density at radius 2 is 2.08 bits per heavy atom. The van der Waals surface area contributed by atoms with Crippen molar-refractivity contribution in [3.8, 4) is 11.5 Å². The summed E-state index contributed by atoms with van der Waals surface area (Å²) >= 11 is 0. The molecule has 7 heteroatoms. The highest BCUT2D eigenvalue weighted by Crippen LogP contribution is 2.37. The lowest BCUT2D eigenvalue weighted by atomic mass is 10.0. The maximum atomic E-state index is 12.2. The number of nitrogens with one attached hydrogen (secondary N) is 1. The van der Waals surface area contributed by atoms with Gasteiger partial charge in [0.25, 0.3) is 0 Å². The fourth-order valence-corrected chi connectivity index (χ4v) is 3.46. The van der Waals surface area contributed by atoms with Crippen LogP contribution in [-0.4, -0.2) is 56.7 Å². The van der Waals surface area contributed by atoms with Crippen molar-refractivity contribution in [3.63, 3.8) is 0 Å². The number of benzene rings is 1. The molecule has 0 spiro atoms. The Hall–Kier alpha value is -2.28. The van der Waals surface area contributed by atoms with Crippen LogP contribution in [-0.2, 0) is 14.3 Å². The Labute approximate surface area is 153 Å². The summed E-state index contributed by atoms with van der Waals surface area (Å²) in [7, 11) is 1.37. The molecule has 1 fully saturated rings. The Bertz CT molecular complexity index is 649. The number of rotatable bonds is 7. The Kier molecular flexibility index (Phi) is 6.33. The lowest BCUT2D eigenvalue weighted by Crippen LogP contribution is -2.37. The first-order valence-electron chi connectivity index (χ1n) is 9.14. The van der Waals surface area contributed by atoms with Gasteiger partial charge in [0, 0.05) is 19.0 Å². The molecule has 142 valence electrons. The average Bonchev–Trinajstić information content (AvgIpc) is 3.12. The second-order valence-corrected chi connectivity index (χ2v) is 6.56. The minimum Gasteiger partial charge on any atom is -0.486 e. The monoisotopic (exact) mass is 362 g/mol. The zero-order valence-electron chi connectivity index (χ0n) is 15.2. The number of ether oxygens (including phenoxy) is 3. The number of fused-ring (bicyclic) bond motifs is 1. The maximum Gasteiger partial charge on any atom is 0.305 e. The van der Waals surface area contributed by atoms with Crippen LogP contribution >= 0.6 is 0 Å². The van der Waals surface area contributed by atoms with Crippen molar-refractivity contribution in [1.29, 1.82) is 0 Å². The van der Waals surface area contributed by atoms with Crippen LogP contribution in [0.4, 0.5) is 0 Å². The number of carbonyl (C=O) groups excluding carboxylic acids is 2. The van der Waals surface area contributed by atoms with Gasteiger partial charge < -0.3 is 19.5 Å². The van der Waals surface area contributed by atoms with E-state index in [1.807, 2.05) is 12.1 Å². The van der Waals surface area contributed by atoms with Crippen molar-refractivity contribution in [3.05, 3.63) is 23.8 Å². The number of esters is 1. The van der Waals surface area contributed by atoms with Gasteiger partial charge >= 0.3 is 5.97 Å². The Balaban J connectivity index is 1.52. The molecule has 2 aliphatic heterocycles. The number of amides is 1. The molecule has 1 atom stereocenters. The van der Waals surface area contributed by atoms with Gasteiger partial charge in [-0.3, -0.25) is 14.5 Å². The number of hydrogen-bond donors (Lipinski definition) is 1. The topological polar surface area (TPSA) is 77.1 Å². The molecule has 3 rings (SSSR count). The molecule has 0 unspecified atom stereocenters. The van der Waals surface area contributed by atoms with Gasteiger partial charge in [-0.25, -0.2) is 0 Å². The van der Waals surface area contributed by atoms with Crippen LogP contribution in [0.2, 0.25) is 0 Å². The van der Waals surface area contributed by atoms with E-state index in [0.717, 1.165) is 36.4 Å². The lowest BCUT2D eigenvalue weighted by Gasteiger charge is -2.26. The summed E-state index contributed by atoms with van der Waals surface area (Å²) in [6.07, 6.45) is 2.99. The predicted molar refractivity (Wildman–Crippen MR) is 95.2 cm³/mol. The molecular formula is C19H26N2O5. The lowest BCUT2D eigenvalue weighted by molar-refractivity contribution is -0.140. The van der Waals surface area contributed by atoms with Crippen LogP contribution < -0.4 is 14.8 Å². The van der Waals surface area contributed by atoms with E-state index < -0.39 is 0 Å². The molecule has 1 N–H and O–H groups in total. The summed E-state index contributed by atoms with van der Waals surface area (Å²) in [5.41, 5.74) is 1.16. The molecular weight excluding hydrogens is 336 g/mol. The van der Waals surface area contributed by atoms with Gasteiger partial charge in [-0.2, -0.15) is 0 Å². The van der Waals surface area contributed by atoms with Gasteiger partial charge in [-0.1, -0.05) is 6.07 Å². The highest BCUT2D eigenvalue weighted by molar-refractivity contribution is 5.78. The zero-order valence-corrected chi connectivity index (χ0v) is 15.2. The summed E-state index contributed by atoms with van der Waals surface area (Å²) in [5, 5.41) is 2.88. The molecule has 1 saturated heterocycles. The van der Waals surface area contributed by atoms with E-state index in [1.165, 1.54) is 7.11 Å². The fraction of sp³-hybridized carbons (Fsp3) is 0.579. The summed E-state index contributed by atoms with van der Waals surface area (Å²) in [4.78, 5) is 25.5. The van der Waals surface area contributed by atoms with E-state index in [0.29, 0.717) is 39.1 Å². The van der Waals surface area contributed by atoms with Crippen molar-refractivity contribution in [2.24, 2.45) is 0 Å². The molecule has 1 aromatic rings. The normalized spacial score (nSPS) is 19.2. The number of methoxy groups -OCH3 is 1. The molecule has 7 nitrogen and oxygen atoms in total. The molecule has 0 saturated carbocycles. The van der Waals surface area contributed by atoms with Crippen LogP contribution in [0.5, 0.6) is 11.5 Å². The summed E-state index contributed by atoms with van der Waals surface area (Å²) in [5.74, 6) is 1.30. The molecule has 0 bridgehead atoms. The van der Waals surface area contributed by atoms with Gasteiger partial charge in [0.2, 0.25) is 5.91 Å². The minimum absolute atomic E-state index is 0.0145. The molecule has 0 aliphatic carbocycles. The molecule has 26 heavy (non-hydrogen) atoms. The molecule has 1 amide bonds. The van der Waals surface area contributed by atoms with E-state index in [1.54, 1.807) is 0 Å². The van der Waals surface area contributed by atoms with Crippen LogP contribution in [0.15, 0.2) is 18.2 Å². The van der Waals surface area contributed by atoms with Gasteiger partial charge in [-0.15, -0.1) is 0 Å². The van der Waals surface area contributed by atoms with Crippen LogP contribution in [0, 0.1) is 0 Å². The SMILES string of the molecule is COC(=O)CCCNC(=O)CN1CCC[C@H]1c1ccc2c(c1)OCCO2. The maximum absolute atomic E-state index is 12.2. The third-order valence-corrected chi connectivity index (χ3v) is 4.77. The average molecular weight is 362 g/mol. The van der Waals surface area contributed by atoms with Crippen molar-refractivity contribution in [2.75, 3.05) is 40.0 Å². The predicted octanol–water partition coefficient (Wildman–Crippen LogP) is 1.66. The first-order valence-corrected chi connectivity index (χ1v) is 9.14. The van der Waals surface area contributed by atoms with Crippen LogP contribution in [0.3, 0.4) is 0 Å². The van der Waals surface area contributed by atoms with Crippen molar-refractivity contribution < 1.29 is 23.8 Å². The number of carbonyl (C=O) groups is 2. The van der Waals surface area contributed by atoms with E-state index in [-0.39, 0.29) is 17.9 Å². The number of likely N-dealkylation sites (tertiary alicyclic amines) is 1. The van der Waals surface area contributed by atoms with E-state index in [9.17, 15) is 9.59 Å². The molecule has 0 aromatic heterocycles. The fourth-order valence-electron chi connectivity index (χ4n) is 3.46. The summed E-state index contributed by atoms with van der Waals surface area (Å²) in [6, 6.07) is 6.26. The minimum atomic E-state index is -0.252. The molecule has 1 aromatic carbocycles. The summed E-state index contributed by atoms with van der Waals surface area (Å²) in [6.45, 7) is 2.89. The third-order valence-electron chi connectivity index (χ3n) is 4.77. The van der Waals surface area contributed by atoms with E-state index in [4.69, 9.17) is 9.47 Å². The van der Waals surface area contributed by atoms with Gasteiger partial charge in [0.15, 0.2) is 11.5 Å². The first kappa shape index (κ1) is 18.5. The zero-order chi connectivity index (χ0) is 18.4. The summed E-state index contributed by atoms with van der Waals surface area (Å²) < 4.78 is 15.8. The largest absolute Gasteiger partial charge is 0.486 e. The van der Waals surface area contributed by atoms with Crippen LogP contribution in [0.25, 0.3) is 0 Å². The highest BCUT2D eigenvalue weighted by Gasteiger charge is 2.28. The Morgan fingerprint density at radius 1 is 1.27 bits per heavy atom. The van der Waals surface area contributed by atoms with Crippen molar-refractivity contribution >= 4 is 11.9 Å². The molecule has 0 radical (unpaired) electrons. The van der Waals surface area contributed by atoms with Gasteiger partial charge in [0.05, 0.1) is 13.7 Å². The van der Waals surface area contributed by atoms with E-state index in [2.05, 4.69) is 21.0 Å². The molecule has 2 heterocycles. The third kappa shape index (κ3) is 4.66. The smallest absolute Gasteiger partial charge is 0.305 e. The quantitative estimate of drug-likeness (QED) is 0.587. The number of hydrogen-bond acceptors (Lipinski definition) is 6. The molecule has 2 aliphatic rings. The van der Waals surface area contributed by atoms with E-state index >= 15 is 0 Å². The second-order valence-electron chi connectivity index (χ2n) is 6.56. The van der Waals surface area contributed by atoms with Crippen molar-refractivity contribution in [2.45, 2.75) is 31.7 Å². The van der Waals surface area contributed by atoms with Gasteiger partial charge in [0.1, 0.15) is 13.2 Å². The Morgan fingerprint density at radius 3 is 2.88 bits per heavy atom. The highest BCUT2D eigenvalue weighted by atomic mass is 16.6. The number of nitrogens with zero attached hydrogens (tertiary/aromatic N) is 1. The first-order chi connectivity index (χ1) is 12.7. The van der Waals surface area contributed by atoms with Crippen LogP contribution in [0.1, 0.15) is 37.3 Å². The van der Waals surface area contributed by atoms with Crippen molar-refractivity contribution in [1.82, 2.24) is 10.2 Å². The second kappa shape index (κ2) is 8.89. The van der Waals surface area contributed by atoms with Gasteiger partial charge in [-0.05, 0) is 43.5 Å².